The van der Waals surface area contributed by atoms with Gasteiger partial charge in [0.05, 0.1) is 0 Å². The summed E-state index contributed by atoms with van der Waals surface area (Å²) in [6.07, 6.45) is 0.631. The van der Waals surface area contributed by atoms with Crippen molar-refractivity contribution in [2.75, 3.05) is 13.6 Å². The summed E-state index contributed by atoms with van der Waals surface area (Å²) in [5, 5.41) is 9.76. The fourth-order valence-corrected chi connectivity index (χ4v) is 3.76. The number of hydrogen-bond acceptors (Lipinski definition) is 3. The van der Waals surface area contributed by atoms with Crippen LogP contribution in [-0.4, -0.2) is 46.3 Å². The van der Waals surface area contributed by atoms with Crippen LogP contribution in [0.2, 0.25) is 0 Å². The van der Waals surface area contributed by atoms with Crippen LogP contribution in [0.4, 0.5) is 0 Å². The number of carbonyl (C=O) groups excluding carboxylic acids is 2. The highest BCUT2D eigenvalue weighted by Crippen LogP contribution is 2.31. The number of aliphatic carboxylic acids is 1. The third-order valence-electron chi connectivity index (χ3n) is 5.27. The summed E-state index contributed by atoms with van der Waals surface area (Å²) in [4.78, 5) is 40.1. The van der Waals surface area contributed by atoms with Crippen LogP contribution in [0.1, 0.15) is 46.9 Å². The highest BCUT2D eigenvalue weighted by molar-refractivity contribution is 5.97. The molecule has 2 aromatic rings. The Morgan fingerprint density at radius 3 is 2.38 bits per heavy atom. The maximum atomic E-state index is 13.1. The van der Waals surface area contributed by atoms with E-state index in [-0.39, 0.29) is 17.7 Å². The lowest BCUT2D eigenvalue weighted by molar-refractivity contribution is -0.143. The minimum Gasteiger partial charge on any atom is -0.479 e. The molecule has 0 spiro atoms. The molecule has 6 heteroatoms. The quantitative estimate of drug-likeness (QED) is 0.845. The Bertz CT molecular complexity index is 921. The van der Waals surface area contributed by atoms with E-state index in [1.165, 1.54) is 4.90 Å². The molecule has 1 unspecified atom stereocenters. The first-order valence-corrected chi connectivity index (χ1v) is 9.75. The van der Waals surface area contributed by atoms with Crippen molar-refractivity contribution >= 4 is 17.8 Å². The van der Waals surface area contributed by atoms with Gasteiger partial charge in [-0.2, -0.15) is 0 Å². The SMILES string of the molecule is CC(C)C(=O)N(C)Cc1ccc(C(=O)N2CCc3ccccc3C2C(=O)O)cc1. The third kappa shape index (κ3) is 4.31. The standard InChI is InChI=1S/C23H26N2O4/c1-15(2)21(26)24(3)14-16-8-10-18(11-9-16)22(27)25-13-12-17-6-4-5-7-19(17)20(25)23(28)29/h4-11,15,20H,12-14H2,1-3H3,(H,28,29). The molecule has 1 heterocycles. The number of rotatable bonds is 5. The summed E-state index contributed by atoms with van der Waals surface area (Å²) < 4.78 is 0. The highest BCUT2D eigenvalue weighted by Gasteiger charge is 2.36. The predicted molar refractivity (Wildman–Crippen MR) is 109 cm³/mol. The fraction of sp³-hybridized carbons (Fsp3) is 0.348. The van der Waals surface area contributed by atoms with Gasteiger partial charge in [0.1, 0.15) is 0 Å². The van der Waals surface area contributed by atoms with E-state index < -0.39 is 12.0 Å². The van der Waals surface area contributed by atoms with Gasteiger partial charge < -0.3 is 14.9 Å². The lowest BCUT2D eigenvalue weighted by Crippen LogP contribution is -2.43. The second-order valence-corrected chi connectivity index (χ2v) is 7.73. The molecule has 1 N–H and O–H groups in total. The Kier molecular flexibility index (Phi) is 6.01. The van der Waals surface area contributed by atoms with Gasteiger partial charge in [-0.1, -0.05) is 50.2 Å². The van der Waals surface area contributed by atoms with Gasteiger partial charge in [0.2, 0.25) is 5.91 Å². The second-order valence-electron chi connectivity index (χ2n) is 7.73. The summed E-state index contributed by atoms with van der Waals surface area (Å²) in [5.41, 5.74) is 3.00. The van der Waals surface area contributed by atoms with Gasteiger partial charge in [-0.15, -0.1) is 0 Å². The van der Waals surface area contributed by atoms with E-state index in [0.717, 1.165) is 11.1 Å². The molecule has 0 saturated heterocycles. The number of benzene rings is 2. The van der Waals surface area contributed by atoms with Gasteiger partial charge in [-0.25, -0.2) is 4.79 Å². The molecule has 29 heavy (non-hydrogen) atoms. The lowest BCUT2D eigenvalue weighted by Gasteiger charge is -2.34. The van der Waals surface area contributed by atoms with Crippen molar-refractivity contribution in [3.05, 3.63) is 70.8 Å². The molecular formula is C23H26N2O4. The lowest BCUT2D eigenvalue weighted by atomic mass is 9.92. The average Bonchev–Trinajstić information content (AvgIpc) is 2.72. The van der Waals surface area contributed by atoms with Gasteiger partial charge >= 0.3 is 5.97 Å². The summed E-state index contributed by atoms with van der Waals surface area (Å²) in [5.74, 6) is -1.35. The summed E-state index contributed by atoms with van der Waals surface area (Å²) in [6.45, 7) is 4.53. The largest absolute Gasteiger partial charge is 0.479 e. The van der Waals surface area contributed by atoms with E-state index >= 15 is 0 Å². The molecule has 6 nitrogen and oxygen atoms in total. The van der Waals surface area contributed by atoms with Gasteiger partial charge in [0, 0.05) is 31.6 Å². The van der Waals surface area contributed by atoms with Crippen molar-refractivity contribution in [3.63, 3.8) is 0 Å². The number of fused-ring (bicyclic) bond motifs is 1. The van der Waals surface area contributed by atoms with E-state index in [4.69, 9.17) is 0 Å². The smallest absolute Gasteiger partial charge is 0.331 e. The first-order chi connectivity index (χ1) is 13.8. The van der Waals surface area contributed by atoms with Crippen LogP contribution in [0.15, 0.2) is 48.5 Å². The summed E-state index contributed by atoms with van der Waals surface area (Å²) in [6, 6.07) is 13.4. The molecule has 1 aliphatic heterocycles. The number of amides is 2. The molecule has 1 atom stereocenters. The zero-order valence-electron chi connectivity index (χ0n) is 17.0. The minimum atomic E-state index is -1.03. The number of nitrogens with zero attached hydrogens (tertiary/aromatic N) is 2. The van der Waals surface area contributed by atoms with Gasteiger partial charge in [-0.05, 0) is 35.2 Å². The normalized spacial score (nSPS) is 15.7. The van der Waals surface area contributed by atoms with Gasteiger partial charge in [-0.3, -0.25) is 9.59 Å². The molecule has 0 aliphatic carbocycles. The Morgan fingerprint density at radius 1 is 1.10 bits per heavy atom. The maximum absolute atomic E-state index is 13.1. The van der Waals surface area contributed by atoms with E-state index in [1.54, 1.807) is 36.2 Å². The van der Waals surface area contributed by atoms with Crippen molar-refractivity contribution in [1.82, 2.24) is 9.80 Å². The molecule has 2 amide bonds. The maximum Gasteiger partial charge on any atom is 0.331 e. The van der Waals surface area contributed by atoms with E-state index in [0.29, 0.717) is 30.6 Å². The Hall–Kier alpha value is -3.15. The van der Waals surface area contributed by atoms with E-state index in [1.807, 2.05) is 38.1 Å². The number of hydrogen-bond donors (Lipinski definition) is 1. The number of carbonyl (C=O) groups is 3. The van der Waals surface area contributed by atoms with Crippen LogP contribution in [0.25, 0.3) is 0 Å². The Morgan fingerprint density at radius 2 is 1.76 bits per heavy atom. The van der Waals surface area contributed by atoms with Crippen LogP contribution >= 0.6 is 0 Å². The Balaban J connectivity index is 1.78. The summed E-state index contributed by atoms with van der Waals surface area (Å²) >= 11 is 0. The zero-order valence-corrected chi connectivity index (χ0v) is 17.0. The average molecular weight is 394 g/mol. The van der Waals surface area contributed by atoms with Crippen molar-refractivity contribution in [1.29, 1.82) is 0 Å². The second kappa shape index (κ2) is 8.47. The molecule has 152 valence electrons. The van der Waals surface area contributed by atoms with Gasteiger partial charge in [0.15, 0.2) is 6.04 Å². The first-order valence-electron chi connectivity index (χ1n) is 9.75. The molecule has 1 aliphatic rings. The topological polar surface area (TPSA) is 77.9 Å². The van der Waals surface area contributed by atoms with Gasteiger partial charge in [0.25, 0.3) is 5.91 Å². The van der Waals surface area contributed by atoms with Crippen LogP contribution in [0.3, 0.4) is 0 Å². The molecule has 0 saturated carbocycles. The predicted octanol–water partition coefficient (Wildman–Crippen LogP) is 3.13. The van der Waals surface area contributed by atoms with Crippen molar-refractivity contribution in [2.45, 2.75) is 32.9 Å². The monoisotopic (exact) mass is 394 g/mol. The van der Waals surface area contributed by atoms with Crippen LogP contribution in [0, 0.1) is 5.92 Å². The molecule has 0 fully saturated rings. The Labute approximate surface area is 170 Å². The molecule has 3 rings (SSSR count). The van der Waals surface area contributed by atoms with E-state index in [9.17, 15) is 19.5 Å². The fourth-order valence-electron chi connectivity index (χ4n) is 3.76. The number of carboxylic acid groups (broad SMARTS) is 1. The number of carboxylic acids is 1. The van der Waals surface area contributed by atoms with Crippen molar-refractivity contribution in [2.24, 2.45) is 5.92 Å². The minimum absolute atomic E-state index is 0.0569. The molecular weight excluding hydrogens is 368 g/mol. The van der Waals surface area contributed by atoms with Crippen LogP contribution < -0.4 is 0 Å². The van der Waals surface area contributed by atoms with E-state index in [2.05, 4.69) is 0 Å². The molecule has 0 radical (unpaired) electrons. The highest BCUT2D eigenvalue weighted by atomic mass is 16.4. The molecule has 2 aromatic carbocycles. The molecule has 0 bridgehead atoms. The molecule has 0 aromatic heterocycles. The summed E-state index contributed by atoms with van der Waals surface area (Å²) in [7, 11) is 1.75. The third-order valence-corrected chi connectivity index (χ3v) is 5.27. The zero-order chi connectivity index (χ0) is 21.1. The first kappa shape index (κ1) is 20.6. The van der Waals surface area contributed by atoms with Crippen molar-refractivity contribution in [3.8, 4) is 0 Å². The van der Waals surface area contributed by atoms with Crippen LogP contribution in [-0.2, 0) is 22.6 Å². The van der Waals surface area contributed by atoms with Crippen molar-refractivity contribution < 1.29 is 19.5 Å². The van der Waals surface area contributed by atoms with Crippen LogP contribution in [0.5, 0.6) is 0 Å².